The first kappa shape index (κ1) is 18.1. The lowest BCUT2D eigenvalue weighted by Gasteiger charge is -2.16. The molecule has 5 rings (SSSR count). The Morgan fingerprint density at radius 3 is 2.48 bits per heavy atom. The van der Waals surface area contributed by atoms with Gasteiger partial charge in [0.15, 0.2) is 0 Å². The lowest BCUT2D eigenvalue weighted by molar-refractivity contribution is 0.0959. The summed E-state index contributed by atoms with van der Waals surface area (Å²) in [5.41, 5.74) is 5.10. The molecule has 1 aliphatic rings. The Balaban J connectivity index is 1.44. The molecule has 0 bridgehead atoms. The Kier molecular flexibility index (Phi) is 4.64. The minimum absolute atomic E-state index is 0.127. The van der Waals surface area contributed by atoms with Gasteiger partial charge in [-0.05, 0) is 64.4 Å². The number of nitrogens with zero attached hydrogens (tertiary/aromatic N) is 1. The normalized spacial score (nSPS) is 16.4. The smallest absolute Gasteiger partial charge is 0.266 e. The molecular weight excluding hydrogens is 376 g/mol. The maximum absolute atomic E-state index is 12.6. The molecule has 0 saturated carbocycles. The van der Waals surface area contributed by atoms with Gasteiger partial charge in [0.2, 0.25) is 0 Å². The van der Waals surface area contributed by atoms with E-state index in [1.54, 1.807) is 17.6 Å². The molecule has 0 spiro atoms. The highest BCUT2D eigenvalue weighted by Crippen LogP contribution is 2.32. The van der Waals surface area contributed by atoms with E-state index < -0.39 is 0 Å². The molecule has 0 radical (unpaired) electrons. The van der Waals surface area contributed by atoms with Crippen LogP contribution in [-0.4, -0.2) is 12.1 Å². The molecule has 4 aromatic rings. The maximum Gasteiger partial charge on any atom is 0.281 e. The number of hydrazone groups is 1. The van der Waals surface area contributed by atoms with E-state index in [0.717, 1.165) is 34.1 Å². The van der Waals surface area contributed by atoms with Crippen LogP contribution in [0.25, 0.3) is 21.5 Å². The second-order valence-electron chi connectivity index (χ2n) is 7.84. The van der Waals surface area contributed by atoms with Crippen LogP contribution in [0.4, 0.5) is 0 Å². The molecule has 29 heavy (non-hydrogen) atoms. The van der Waals surface area contributed by atoms with E-state index in [-0.39, 0.29) is 5.91 Å². The summed E-state index contributed by atoms with van der Waals surface area (Å²) in [4.78, 5) is 14.8. The first-order chi connectivity index (χ1) is 14.2. The van der Waals surface area contributed by atoms with Gasteiger partial charge >= 0.3 is 0 Å². The van der Waals surface area contributed by atoms with Crippen molar-refractivity contribution in [2.75, 3.05) is 0 Å². The van der Waals surface area contributed by atoms with Crippen LogP contribution >= 0.6 is 11.3 Å². The van der Waals surface area contributed by atoms with Crippen LogP contribution in [0, 0.1) is 5.92 Å². The van der Waals surface area contributed by atoms with Gasteiger partial charge in [-0.1, -0.05) is 55.5 Å². The van der Waals surface area contributed by atoms with Crippen molar-refractivity contribution in [2.45, 2.75) is 26.2 Å². The van der Waals surface area contributed by atoms with Gasteiger partial charge in [0.05, 0.1) is 11.1 Å². The fraction of sp³-hybridized carbons (Fsp3) is 0.200. The number of carbonyl (C=O) groups is 1. The molecule has 1 N–H and O–H groups in total. The van der Waals surface area contributed by atoms with Gasteiger partial charge in [0, 0.05) is 10.4 Å². The van der Waals surface area contributed by atoms with E-state index >= 15 is 0 Å². The Morgan fingerprint density at radius 2 is 1.76 bits per heavy atom. The third kappa shape index (κ3) is 3.45. The number of hydrogen-bond acceptors (Lipinski definition) is 3. The number of fused-ring (bicyclic) bond motifs is 3. The minimum Gasteiger partial charge on any atom is -0.266 e. The number of amides is 1. The maximum atomic E-state index is 12.6. The molecule has 1 aromatic heterocycles. The molecule has 0 aliphatic heterocycles. The summed E-state index contributed by atoms with van der Waals surface area (Å²) in [7, 11) is 0. The largest absolute Gasteiger partial charge is 0.281 e. The van der Waals surface area contributed by atoms with Crippen molar-refractivity contribution in [3.63, 3.8) is 0 Å². The Bertz CT molecular complexity index is 1200. The van der Waals surface area contributed by atoms with E-state index in [2.05, 4.69) is 47.8 Å². The molecule has 4 heteroatoms. The van der Waals surface area contributed by atoms with Crippen LogP contribution in [0.2, 0.25) is 0 Å². The zero-order chi connectivity index (χ0) is 19.8. The Hall–Kier alpha value is -2.98. The van der Waals surface area contributed by atoms with E-state index in [0.29, 0.717) is 5.92 Å². The highest BCUT2D eigenvalue weighted by molar-refractivity contribution is 7.14. The van der Waals surface area contributed by atoms with Crippen molar-refractivity contribution in [2.24, 2.45) is 11.0 Å². The van der Waals surface area contributed by atoms with Crippen LogP contribution in [0.5, 0.6) is 0 Å². The SMILES string of the molecule is C[C@H]1CCc2sc(C(=O)N/N=C\c3c4ccccc4cc4ccccc34)cc2C1. The van der Waals surface area contributed by atoms with Crippen LogP contribution < -0.4 is 5.43 Å². The molecule has 0 fully saturated rings. The third-order valence-electron chi connectivity index (χ3n) is 5.73. The fourth-order valence-electron chi connectivity index (χ4n) is 4.22. The predicted molar refractivity (Wildman–Crippen MR) is 122 cm³/mol. The molecule has 1 heterocycles. The average Bonchev–Trinajstić information content (AvgIpc) is 3.16. The van der Waals surface area contributed by atoms with E-state index in [4.69, 9.17) is 0 Å². The van der Waals surface area contributed by atoms with Crippen molar-refractivity contribution in [3.8, 4) is 0 Å². The molecule has 1 amide bonds. The number of carbonyl (C=O) groups excluding carboxylic acids is 1. The van der Waals surface area contributed by atoms with Gasteiger partial charge < -0.3 is 0 Å². The van der Waals surface area contributed by atoms with Crippen LogP contribution in [0.3, 0.4) is 0 Å². The highest BCUT2D eigenvalue weighted by atomic mass is 32.1. The summed E-state index contributed by atoms with van der Waals surface area (Å²) < 4.78 is 0. The second kappa shape index (κ2) is 7.45. The van der Waals surface area contributed by atoms with Crippen LogP contribution in [0.15, 0.2) is 65.8 Å². The second-order valence-corrected chi connectivity index (χ2v) is 8.98. The van der Waals surface area contributed by atoms with E-state index in [1.165, 1.54) is 27.6 Å². The zero-order valence-electron chi connectivity index (χ0n) is 16.3. The van der Waals surface area contributed by atoms with Crippen molar-refractivity contribution in [1.82, 2.24) is 5.43 Å². The third-order valence-corrected chi connectivity index (χ3v) is 6.96. The molecule has 0 saturated heterocycles. The van der Waals surface area contributed by atoms with Crippen molar-refractivity contribution in [3.05, 3.63) is 81.5 Å². The lowest BCUT2D eigenvalue weighted by Crippen LogP contribution is -2.16. The molecular formula is C25H22N2OS. The highest BCUT2D eigenvalue weighted by Gasteiger charge is 2.20. The molecule has 3 nitrogen and oxygen atoms in total. The topological polar surface area (TPSA) is 41.5 Å². The first-order valence-electron chi connectivity index (χ1n) is 10.0. The summed E-state index contributed by atoms with van der Waals surface area (Å²) >= 11 is 1.61. The fourth-order valence-corrected chi connectivity index (χ4v) is 5.31. The standard InChI is InChI=1S/C25H22N2OS/c1-16-10-11-23-19(12-16)14-24(29-23)25(28)27-26-15-22-20-8-4-2-6-17(20)13-18-7-3-5-9-21(18)22/h2-9,13-16H,10-12H2,1H3,(H,27,28)/b26-15-/t16-/m0/s1. The monoisotopic (exact) mass is 398 g/mol. The van der Waals surface area contributed by atoms with Crippen LogP contribution in [0.1, 0.15) is 39.0 Å². The predicted octanol–water partition coefficient (Wildman–Crippen LogP) is 5.94. The van der Waals surface area contributed by atoms with Crippen molar-refractivity contribution in [1.29, 1.82) is 0 Å². The number of hydrogen-bond donors (Lipinski definition) is 1. The lowest BCUT2D eigenvalue weighted by atomic mass is 9.90. The van der Waals surface area contributed by atoms with E-state index in [1.807, 2.05) is 30.3 Å². The number of thiophene rings is 1. The molecule has 1 aliphatic carbocycles. The summed E-state index contributed by atoms with van der Waals surface area (Å²) in [6.45, 7) is 2.28. The molecule has 0 unspecified atom stereocenters. The van der Waals surface area contributed by atoms with Gasteiger partial charge in [-0.3, -0.25) is 4.79 Å². The van der Waals surface area contributed by atoms with Gasteiger partial charge in [-0.25, -0.2) is 5.43 Å². The van der Waals surface area contributed by atoms with Gasteiger partial charge in [-0.2, -0.15) is 5.10 Å². The molecule has 144 valence electrons. The van der Waals surface area contributed by atoms with Gasteiger partial charge in [0.1, 0.15) is 0 Å². The first-order valence-corrected chi connectivity index (χ1v) is 10.9. The van der Waals surface area contributed by atoms with Crippen molar-refractivity contribution >= 4 is 45.0 Å². The summed E-state index contributed by atoms with van der Waals surface area (Å²) in [6, 6.07) is 20.8. The zero-order valence-corrected chi connectivity index (χ0v) is 17.1. The number of rotatable bonds is 3. The van der Waals surface area contributed by atoms with Gasteiger partial charge in [0.25, 0.3) is 5.91 Å². The summed E-state index contributed by atoms with van der Waals surface area (Å²) in [5.74, 6) is 0.573. The molecule has 3 aromatic carbocycles. The summed E-state index contributed by atoms with van der Waals surface area (Å²) in [5, 5.41) is 8.91. The number of nitrogens with one attached hydrogen (secondary N) is 1. The van der Waals surface area contributed by atoms with Gasteiger partial charge in [-0.15, -0.1) is 11.3 Å². The Labute approximate surface area is 174 Å². The van der Waals surface area contributed by atoms with Crippen LogP contribution in [-0.2, 0) is 12.8 Å². The number of benzene rings is 3. The number of aryl methyl sites for hydroxylation is 1. The summed E-state index contributed by atoms with van der Waals surface area (Å²) in [6.07, 6.45) is 5.14. The average molecular weight is 399 g/mol. The Morgan fingerprint density at radius 1 is 1.07 bits per heavy atom. The molecule has 1 atom stereocenters. The quantitative estimate of drug-likeness (QED) is 0.259. The van der Waals surface area contributed by atoms with E-state index in [9.17, 15) is 4.79 Å². The van der Waals surface area contributed by atoms with Crippen molar-refractivity contribution < 1.29 is 4.79 Å². The minimum atomic E-state index is -0.127.